The van der Waals surface area contributed by atoms with E-state index in [0.29, 0.717) is 5.56 Å². The van der Waals surface area contributed by atoms with Gasteiger partial charge in [-0.1, -0.05) is 171 Å². The average molecular weight is 796 g/mol. The Bertz CT molecular complexity index is 2680. The van der Waals surface area contributed by atoms with Gasteiger partial charge in [0.1, 0.15) is 11.6 Å². The minimum atomic E-state index is -0.210. The predicted octanol–water partition coefficient (Wildman–Crippen LogP) is 15.3. The van der Waals surface area contributed by atoms with E-state index in [1.165, 1.54) is 27.8 Å². The molecule has 0 fully saturated rings. The highest BCUT2D eigenvalue weighted by molar-refractivity contribution is 5.99. The third-order valence-electron chi connectivity index (χ3n) is 11.9. The van der Waals surface area contributed by atoms with Gasteiger partial charge in [0.25, 0.3) is 0 Å². The number of para-hydroxylation sites is 2. The van der Waals surface area contributed by atoms with Crippen molar-refractivity contribution < 1.29 is 5.11 Å². The zero-order valence-electron chi connectivity index (χ0n) is 38.8. The number of nitrogens with zero attached hydrogens (tertiary/aromatic N) is 3. The van der Waals surface area contributed by atoms with Crippen LogP contribution in [-0.4, -0.2) is 19.6 Å². The molecule has 5 aromatic carbocycles. The van der Waals surface area contributed by atoms with Crippen LogP contribution in [0.5, 0.6) is 5.75 Å². The highest BCUT2D eigenvalue weighted by Gasteiger charge is 2.33. The molecule has 4 heteroatoms. The van der Waals surface area contributed by atoms with E-state index in [1.807, 2.05) is 24.4 Å². The summed E-state index contributed by atoms with van der Waals surface area (Å²) in [6.45, 7) is 34.5. The van der Waals surface area contributed by atoms with E-state index in [2.05, 4.69) is 193 Å². The molecule has 0 aliphatic heterocycles. The fourth-order valence-electron chi connectivity index (χ4n) is 8.54. The molecule has 60 heavy (non-hydrogen) atoms. The number of imidazole rings is 1. The molecule has 7 aromatic rings. The number of aromatic hydroxyl groups is 1. The van der Waals surface area contributed by atoms with E-state index < -0.39 is 0 Å². The smallest absolute Gasteiger partial charge is 0.149 e. The average Bonchev–Trinajstić information content (AvgIpc) is 3.54. The molecule has 1 N–H and O–H groups in total. The number of phenols is 1. The van der Waals surface area contributed by atoms with Gasteiger partial charge < -0.3 is 5.11 Å². The summed E-state index contributed by atoms with van der Waals surface area (Å²) in [6, 6.07) is 38.9. The number of pyridine rings is 1. The fourth-order valence-corrected chi connectivity index (χ4v) is 8.54. The number of benzene rings is 5. The van der Waals surface area contributed by atoms with Crippen molar-refractivity contribution in [3.05, 3.63) is 143 Å². The molecule has 0 aliphatic rings. The summed E-state index contributed by atoms with van der Waals surface area (Å²) in [5.41, 5.74) is 15.5. The van der Waals surface area contributed by atoms with Crippen molar-refractivity contribution in [2.24, 2.45) is 0 Å². The lowest BCUT2D eigenvalue weighted by Gasteiger charge is -2.32. The molecule has 0 unspecified atom stereocenters. The molecule has 0 amide bonds. The standard InChI is InChI=1S/C56H65N3O/c1-52(2,3)37-31-40(39-33-41(45(56(13,14)15)34-44(39)55(10,11)12)46-30-36(28-29-57-46)35-22-17-16-18-23-35)49-47(32-37)59(51(58-49)38-24-19-20-27-48(38)60)50-42(53(4,5)6)25-21-26-43(50)54(7,8)9/h16-34,60H,1-15H3. The first kappa shape index (κ1) is 42.6. The Labute approximate surface area is 359 Å². The molecule has 0 atom stereocenters. The predicted molar refractivity (Wildman–Crippen MR) is 256 cm³/mol. The van der Waals surface area contributed by atoms with Gasteiger partial charge in [-0.25, -0.2) is 4.98 Å². The Hall–Kier alpha value is -5.48. The van der Waals surface area contributed by atoms with Crippen molar-refractivity contribution in [2.75, 3.05) is 0 Å². The lowest BCUT2D eigenvalue weighted by Crippen LogP contribution is -2.22. The minimum absolute atomic E-state index is 0.166. The van der Waals surface area contributed by atoms with Crippen molar-refractivity contribution in [3.63, 3.8) is 0 Å². The monoisotopic (exact) mass is 796 g/mol. The van der Waals surface area contributed by atoms with E-state index >= 15 is 0 Å². The maximum Gasteiger partial charge on any atom is 0.149 e. The topological polar surface area (TPSA) is 50.9 Å². The van der Waals surface area contributed by atoms with Crippen LogP contribution in [0.2, 0.25) is 0 Å². The van der Waals surface area contributed by atoms with Crippen molar-refractivity contribution in [2.45, 2.75) is 131 Å². The second kappa shape index (κ2) is 14.9. The van der Waals surface area contributed by atoms with Gasteiger partial charge in [0.05, 0.1) is 28.0 Å². The van der Waals surface area contributed by atoms with Crippen LogP contribution in [0.1, 0.15) is 132 Å². The summed E-state index contributed by atoms with van der Waals surface area (Å²) in [5.74, 6) is 0.924. The van der Waals surface area contributed by atoms with E-state index in [1.54, 1.807) is 6.07 Å². The zero-order valence-corrected chi connectivity index (χ0v) is 38.8. The molecular weight excluding hydrogens is 731 g/mol. The van der Waals surface area contributed by atoms with Gasteiger partial charge in [-0.3, -0.25) is 9.55 Å². The Kier molecular flexibility index (Phi) is 10.6. The zero-order chi connectivity index (χ0) is 43.7. The van der Waals surface area contributed by atoms with E-state index in [9.17, 15) is 5.11 Å². The van der Waals surface area contributed by atoms with Crippen LogP contribution in [0.15, 0.2) is 115 Å². The highest BCUT2D eigenvalue weighted by Crippen LogP contribution is 2.48. The molecule has 4 nitrogen and oxygen atoms in total. The summed E-state index contributed by atoms with van der Waals surface area (Å²) in [6.07, 6.45) is 1.94. The van der Waals surface area contributed by atoms with Gasteiger partial charge in [-0.15, -0.1) is 0 Å². The number of hydrogen-bond donors (Lipinski definition) is 1. The van der Waals surface area contributed by atoms with E-state index in [0.717, 1.165) is 56.1 Å². The SMILES string of the molecule is CC(C)(C)c1cc(-c2cc(-c3cc(-c4ccccc4)ccn3)c(C(C)(C)C)cc2C(C)(C)C)c2nc(-c3ccccc3O)n(-c3c(C(C)(C)C)cccc3C(C)(C)C)c2c1. The highest BCUT2D eigenvalue weighted by atomic mass is 16.3. The summed E-state index contributed by atoms with van der Waals surface area (Å²) in [5, 5.41) is 11.7. The van der Waals surface area contributed by atoms with Crippen molar-refractivity contribution >= 4 is 11.0 Å². The van der Waals surface area contributed by atoms with Crippen molar-refractivity contribution in [1.82, 2.24) is 14.5 Å². The Morgan fingerprint density at radius 3 is 1.58 bits per heavy atom. The first-order chi connectivity index (χ1) is 27.9. The Morgan fingerprint density at radius 2 is 1.02 bits per heavy atom. The molecule has 2 heterocycles. The summed E-state index contributed by atoms with van der Waals surface area (Å²) < 4.78 is 2.37. The Balaban J connectivity index is 1.70. The van der Waals surface area contributed by atoms with Crippen LogP contribution in [0.3, 0.4) is 0 Å². The fraction of sp³-hybridized carbons (Fsp3) is 0.357. The van der Waals surface area contributed by atoms with Crippen LogP contribution < -0.4 is 0 Å². The molecule has 0 aliphatic carbocycles. The molecule has 0 saturated heterocycles. The maximum absolute atomic E-state index is 11.7. The van der Waals surface area contributed by atoms with Crippen LogP contribution in [0.4, 0.5) is 0 Å². The molecule has 0 radical (unpaired) electrons. The quantitative estimate of drug-likeness (QED) is 0.189. The number of hydrogen-bond acceptors (Lipinski definition) is 3. The van der Waals surface area contributed by atoms with Gasteiger partial charge in [-0.05, 0) is 114 Å². The molecule has 7 rings (SSSR count). The number of phenolic OH excluding ortho intramolecular Hbond substituents is 1. The van der Waals surface area contributed by atoms with E-state index in [-0.39, 0.29) is 32.8 Å². The second-order valence-electron chi connectivity index (χ2n) is 21.9. The minimum Gasteiger partial charge on any atom is -0.507 e. The van der Waals surface area contributed by atoms with Crippen LogP contribution >= 0.6 is 0 Å². The van der Waals surface area contributed by atoms with Crippen LogP contribution in [-0.2, 0) is 27.1 Å². The molecule has 0 spiro atoms. The van der Waals surface area contributed by atoms with Crippen molar-refractivity contribution in [3.8, 4) is 56.3 Å². The second-order valence-corrected chi connectivity index (χ2v) is 21.9. The third kappa shape index (κ3) is 8.06. The maximum atomic E-state index is 11.7. The molecule has 2 aromatic heterocycles. The summed E-state index contributed by atoms with van der Waals surface area (Å²) in [4.78, 5) is 10.8. The lowest BCUT2D eigenvalue weighted by atomic mass is 9.74. The van der Waals surface area contributed by atoms with Gasteiger partial charge in [0.2, 0.25) is 0 Å². The molecule has 0 saturated carbocycles. The number of fused-ring (bicyclic) bond motifs is 1. The molecular formula is C56H65N3O. The van der Waals surface area contributed by atoms with Gasteiger partial charge in [0, 0.05) is 17.3 Å². The summed E-state index contributed by atoms with van der Waals surface area (Å²) >= 11 is 0. The van der Waals surface area contributed by atoms with Crippen LogP contribution in [0, 0.1) is 0 Å². The van der Waals surface area contributed by atoms with Crippen LogP contribution in [0.25, 0.3) is 61.6 Å². The Morgan fingerprint density at radius 1 is 0.450 bits per heavy atom. The third-order valence-corrected chi connectivity index (χ3v) is 11.9. The van der Waals surface area contributed by atoms with Gasteiger partial charge in [0.15, 0.2) is 0 Å². The molecule has 0 bridgehead atoms. The van der Waals surface area contributed by atoms with Crippen molar-refractivity contribution in [1.29, 1.82) is 0 Å². The van der Waals surface area contributed by atoms with E-state index in [4.69, 9.17) is 9.97 Å². The molecule has 310 valence electrons. The normalized spacial score (nSPS) is 13.0. The first-order valence-corrected chi connectivity index (χ1v) is 21.6. The van der Waals surface area contributed by atoms with Gasteiger partial charge in [-0.2, -0.15) is 0 Å². The number of aromatic nitrogens is 3. The first-order valence-electron chi connectivity index (χ1n) is 21.6. The summed E-state index contributed by atoms with van der Waals surface area (Å²) in [7, 11) is 0. The number of rotatable bonds is 5. The lowest BCUT2D eigenvalue weighted by molar-refractivity contribution is 0.477. The largest absolute Gasteiger partial charge is 0.507 e. The van der Waals surface area contributed by atoms with Gasteiger partial charge >= 0.3 is 0 Å².